The van der Waals surface area contributed by atoms with E-state index in [9.17, 15) is 5.11 Å². The molecular formula is C17H29NO. The normalized spacial score (nSPS) is 13.2. The molecule has 108 valence electrons. The lowest BCUT2D eigenvalue weighted by Crippen LogP contribution is -2.27. The molecule has 0 saturated carbocycles. The Hall–Kier alpha value is -0.860. The van der Waals surface area contributed by atoms with E-state index in [1.54, 1.807) is 0 Å². The third-order valence-electron chi connectivity index (χ3n) is 3.91. The maximum atomic E-state index is 10.1. The van der Waals surface area contributed by atoms with Crippen molar-refractivity contribution in [3.05, 3.63) is 35.4 Å². The van der Waals surface area contributed by atoms with E-state index >= 15 is 0 Å². The molecule has 0 heterocycles. The van der Waals surface area contributed by atoms with Crippen molar-refractivity contribution >= 4 is 0 Å². The van der Waals surface area contributed by atoms with Crippen molar-refractivity contribution in [2.75, 3.05) is 13.1 Å². The number of hydrogen-bond donors (Lipinski definition) is 2. The predicted octanol–water partition coefficient (Wildman–Crippen LogP) is 3.87. The lowest BCUT2D eigenvalue weighted by atomic mass is 10.00. The van der Waals surface area contributed by atoms with Crippen molar-refractivity contribution in [2.24, 2.45) is 5.92 Å². The molecule has 0 aliphatic heterocycles. The molecule has 0 saturated heterocycles. The summed E-state index contributed by atoms with van der Waals surface area (Å²) in [5.74, 6) is 1.26. The highest BCUT2D eigenvalue weighted by Gasteiger charge is 2.09. The molecule has 1 aromatic carbocycles. The highest BCUT2D eigenvalue weighted by Crippen LogP contribution is 2.18. The molecule has 19 heavy (non-hydrogen) atoms. The minimum atomic E-state index is -0.407. The summed E-state index contributed by atoms with van der Waals surface area (Å²) < 4.78 is 0. The molecule has 0 amide bonds. The van der Waals surface area contributed by atoms with Crippen molar-refractivity contribution in [1.82, 2.24) is 5.32 Å². The molecule has 0 aliphatic carbocycles. The topological polar surface area (TPSA) is 32.3 Å². The zero-order valence-electron chi connectivity index (χ0n) is 12.8. The molecular weight excluding hydrogens is 234 g/mol. The average Bonchev–Trinajstić information content (AvgIpc) is 2.43. The number of aliphatic hydroxyl groups excluding tert-OH is 1. The minimum absolute atomic E-state index is 0.407. The highest BCUT2D eigenvalue weighted by molar-refractivity contribution is 5.26. The molecule has 0 bridgehead atoms. The quantitative estimate of drug-likeness (QED) is 0.746. The van der Waals surface area contributed by atoms with Gasteiger partial charge in [-0.1, -0.05) is 64.8 Å². The van der Waals surface area contributed by atoms with Gasteiger partial charge in [0.05, 0.1) is 6.10 Å². The largest absolute Gasteiger partial charge is 0.387 e. The van der Waals surface area contributed by atoms with Gasteiger partial charge in [-0.05, 0) is 29.5 Å². The summed E-state index contributed by atoms with van der Waals surface area (Å²) in [4.78, 5) is 0. The van der Waals surface area contributed by atoms with Crippen LogP contribution in [0.1, 0.15) is 63.7 Å². The number of hydrogen-bond acceptors (Lipinski definition) is 2. The zero-order chi connectivity index (χ0) is 14.3. The zero-order valence-corrected chi connectivity index (χ0v) is 12.8. The molecule has 1 aromatic rings. The summed E-state index contributed by atoms with van der Waals surface area (Å²) >= 11 is 0. The van der Waals surface area contributed by atoms with Crippen LogP contribution in [0.5, 0.6) is 0 Å². The molecule has 2 N–H and O–H groups in total. The van der Waals surface area contributed by atoms with Crippen LogP contribution >= 0.6 is 0 Å². The van der Waals surface area contributed by atoms with E-state index < -0.39 is 6.10 Å². The van der Waals surface area contributed by atoms with Gasteiger partial charge >= 0.3 is 0 Å². The predicted molar refractivity (Wildman–Crippen MR) is 82.4 cm³/mol. The lowest BCUT2D eigenvalue weighted by molar-refractivity contribution is 0.172. The fourth-order valence-corrected chi connectivity index (χ4v) is 2.22. The summed E-state index contributed by atoms with van der Waals surface area (Å²) in [6, 6.07) is 8.31. The second kappa shape index (κ2) is 8.34. The lowest BCUT2D eigenvalue weighted by Gasteiger charge is -2.17. The Labute approximate surface area is 118 Å². The van der Waals surface area contributed by atoms with Gasteiger partial charge in [-0.25, -0.2) is 0 Å². The molecule has 1 atom stereocenters. The standard InChI is InChI=1S/C17H29NO/c1-5-14(6-2)11-18-12-17(19)16-9-7-15(8-10-16)13(3)4/h7-10,13-14,17-19H,5-6,11-12H2,1-4H3. The third kappa shape index (κ3) is 5.33. The van der Waals surface area contributed by atoms with E-state index in [2.05, 4.69) is 45.1 Å². The second-order valence-electron chi connectivity index (χ2n) is 5.68. The first-order valence-corrected chi connectivity index (χ1v) is 7.57. The first kappa shape index (κ1) is 16.2. The molecule has 2 heteroatoms. The monoisotopic (exact) mass is 263 g/mol. The number of aliphatic hydroxyl groups is 1. The van der Waals surface area contributed by atoms with Crippen molar-refractivity contribution < 1.29 is 5.11 Å². The summed E-state index contributed by atoms with van der Waals surface area (Å²) in [5, 5.41) is 13.5. The SMILES string of the molecule is CCC(CC)CNCC(O)c1ccc(C(C)C)cc1. The van der Waals surface area contributed by atoms with Gasteiger partial charge in [-0.3, -0.25) is 0 Å². The smallest absolute Gasteiger partial charge is 0.0914 e. The molecule has 0 aliphatic rings. The van der Waals surface area contributed by atoms with Crippen molar-refractivity contribution in [3.8, 4) is 0 Å². The van der Waals surface area contributed by atoms with Crippen LogP contribution < -0.4 is 5.32 Å². The minimum Gasteiger partial charge on any atom is -0.387 e. The number of rotatable bonds is 8. The Bertz CT molecular complexity index is 341. The van der Waals surface area contributed by atoms with Crippen LogP contribution in [-0.2, 0) is 0 Å². The van der Waals surface area contributed by atoms with Crippen LogP contribution in [0.25, 0.3) is 0 Å². The fourth-order valence-electron chi connectivity index (χ4n) is 2.22. The Kier molecular flexibility index (Phi) is 7.11. The summed E-state index contributed by atoms with van der Waals surface area (Å²) in [6.45, 7) is 10.4. The van der Waals surface area contributed by atoms with E-state index in [-0.39, 0.29) is 0 Å². The maximum Gasteiger partial charge on any atom is 0.0914 e. The maximum absolute atomic E-state index is 10.1. The highest BCUT2D eigenvalue weighted by atomic mass is 16.3. The van der Waals surface area contributed by atoms with E-state index in [1.807, 2.05) is 12.1 Å². The first-order valence-electron chi connectivity index (χ1n) is 7.57. The van der Waals surface area contributed by atoms with Crippen LogP contribution in [0, 0.1) is 5.92 Å². The van der Waals surface area contributed by atoms with Gasteiger partial charge in [-0.15, -0.1) is 0 Å². The number of nitrogens with one attached hydrogen (secondary N) is 1. The average molecular weight is 263 g/mol. The summed E-state index contributed by atoms with van der Waals surface area (Å²) in [6.07, 6.45) is 1.99. The molecule has 0 aromatic heterocycles. The molecule has 1 unspecified atom stereocenters. The molecule has 0 spiro atoms. The molecule has 1 rings (SSSR count). The van der Waals surface area contributed by atoms with Gasteiger partial charge in [-0.2, -0.15) is 0 Å². The van der Waals surface area contributed by atoms with E-state index in [0.29, 0.717) is 12.5 Å². The first-order chi connectivity index (χ1) is 9.08. The van der Waals surface area contributed by atoms with Gasteiger partial charge < -0.3 is 10.4 Å². The Morgan fingerprint density at radius 1 is 0.947 bits per heavy atom. The molecule has 0 fully saturated rings. The van der Waals surface area contributed by atoms with E-state index in [0.717, 1.165) is 18.0 Å². The van der Waals surface area contributed by atoms with Crippen LogP contribution in [-0.4, -0.2) is 18.2 Å². The van der Waals surface area contributed by atoms with Crippen molar-refractivity contribution in [1.29, 1.82) is 0 Å². The van der Waals surface area contributed by atoms with Crippen molar-refractivity contribution in [3.63, 3.8) is 0 Å². The summed E-state index contributed by atoms with van der Waals surface area (Å²) in [5.41, 5.74) is 2.32. The molecule has 2 nitrogen and oxygen atoms in total. The second-order valence-corrected chi connectivity index (χ2v) is 5.68. The Balaban J connectivity index is 2.42. The Morgan fingerprint density at radius 2 is 1.47 bits per heavy atom. The van der Waals surface area contributed by atoms with Gasteiger partial charge in [0, 0.05) is 6.54 Å². The molecule has 0 radical (unpaired) electrons. The van der Waals surface area contributed by atoms with Crippen LogP contribution in [0.15, 0.2) is 24.3 Å². The fraction of sp³-hybridized carbons (Fsp3) is 0.647. The van der Waals surface area contributed by atoms with Crippen LogP contribution in [0.2, 0.25) is 0 Å². The van der Waals surface area contributed by atoms with Gasteiger partial charge in [0.2, 0.25) is 0 Å². The van der Waals surface area contributed by atoms with E-state index in [1.165, 1.54) is 18.4 Å². The van der Waals surface area contributed by atoms with Gasteiger partial charge in [0.15, 0.2) is 0 Å². The summed E-state index contributed by atoms with van der Waals surface area (Å²) in [7, 11) is 0. The Morgan fingerprint density at radius 3 is 1.95 bits per heavy atom. The van der Waals surface area contributed by atoms with Crippen LogP contribution in [0.3, 0.4) is 0 Å². The van der Waals surface area contributed by atoms with Crippen molar-refractivity contribution in [2.45, 2.75) is 52.6 Å². The number of benzene rings is 1. The van der Waals surface area contributed by atoms with E-state index in [4.69, 9.17) is 0 Å². The van der Waals surface area contributed by atoms with Gasteiger partial charge in [0.1, 0.15) is 0 Å². The van der Waals surface area contributed by atoms with Gasteiger partial charge in [0.25, 0.3) is 0 Å². The third-order valence-corrected chi connectivity index (χ3v) is 3.91. The van der Waals surface area contributed by atoms with Crippen LogP contribution in [0.4, 0.5) is 0 Å².